The fourth-order valence-corrected chi connectivity index (χ4v) is 7.73. The van der Waals surface area contributed by atoms with Crippen molar-refractivity contribution in [2.45, 2.75) is 5.41 Å². The number of nitrogens with zero attached hydrogens (tertiary/aromatic N) is 2. The zero-order valence-electron chi connectivity index (χ0n) is 26.4. The molecule has 0 unspecified atom stereocenters. The Hall–Kier alpha value is -6.52. The van der Waals surface area contributed by atoms with E-state index in [9.17, 15) is 0 Å². The van der Waals surface area contributed by atoms with E-state index in [0.717, 1.165) is 38.9 Å². The van der Waals surface area contributed by atoms with Crippen LogP contribution in [0.1, 0.15) is 22.3 Å². The Morgan fingerprint density at radius 1 is 0.429 bits per heavy atom. The summed E-state index contributed by atoms with van der Waals surface area (Å²) in [7, 11) is 0. The molecule has 10 rings (SSSR count). The lowest BCUT2D eigenvalue weighted by Crippen LogP contribution is -2.28. The Balaban J connectivity index is 1.17. The van der Waals surface area contributed by atoms with E-state index in [4.69, 9.17) is 19.4 Å². The third-order valence-electron chi connectivity index (χ3n) is 9.82. The molecule has 0 amide bonds. The first-order valence-electron chi connectivity index (χ1n) is 16.5. The standard InChI is InChI=1S/C45H28N2O2/c1-4-15-29(16-5-1)42-33-22-11-13-25-38(33)46-44(47-42)34-23-14-26-39-43(34)49-41-28-37-35(27-40(41)48-39)32-21-10-12-24-36(32)45(37,30-17-6-2-7-18-30)31-19-8-3-9-20-31/h1-28H. The van der Waals surface area contributed by atoms with Gasteiger partial charge in [-0.1, -0.05) is 140 Å². The number of benzene rings is 7. The van der Waals surface area contributed by atoms with Crippen molar-refractivity contribution in [2.24, 2.45) is 0 Å². The van der Waals surface area contributed by atoms with Gasteiger partial charge in [0, 0.05) is 10.9 Å². The lowest BCUT2D eigenvalue weighted by Gasteiger charge is -2.34. The van der Waals surface area contributed by atoms with Crippen LogP contribution in [0.2, 0.25) is 0 Å². The van der Waals surface area contributed by atoms with Crippen molar-refractivity contribution in [3.05, 3.63) is 192 Å². The van der Waals surface area contributed by atoms with Crippen LogP contribution in [0, 0.1) is 0 Å². The largest absolute Gasteiger partial charge is 0.449 e. The first-order chi connectivity index (χ1) is 24.3. The molecular weight excluding hydrogens is 601 g/mol. The second-order valence-electron chi connectivity index (χ2n) is 12.5. The quantitative estimate of drug-likeness (QED) is 0.195. The van der Waals surface area contributed by atoms with Crippen LogP contribution in [-0.4, -0.2) is 9.97 Å². The summed E-state index contributed by atoms with van der Waals surface area (Å²) in [5.41, 5.74) is 10.1. The summed E-state index contributed by atoms with van der Waals surface area (Å²) in [6, 6.07) is 58.9. The molecule has 49 heavy (non-hydrogen) atoms. The maximum absolute atomic E-state index is 6.90. The average Bonchev–Trinajstić information content (AvgIpc) is 3.46. The molecular formula is C45H28N2O2. The van der Waals surface area contributed by atoms with Gasteiger partial charge in [0.1, 0.15) is 0 Å². The Morgan fingerprint density at radius 2 is 1.06 bits per heavy atom. The monoisotopic (exact) mass is 628 g/mol. The van der Waals surface area contributed by atoms with E-state index in [0.29, 0.717) is 28.8 Å². The van der Waals surface area contributed by atoms with Gasteiger partial charge in [0.25, 0.3) is 0 Å². The summed E-state index contributed by atoms with van der Waals surface area (Å²) < 4.78 is 13.6. The Bertz CT molecular complexity index is 2510. The molecule has 0 saturated heterocycles. The van der Waals surface area contributed by atoms with E-state index in [-0.39, 0.29) is 0 Å². The predicted molar refractivity (Wildman–Crippen MR) is 194 cm³/mol. The van der Waals surface area contributed by atoms with E-state index in [1.54, 1.807) is 0 Å². The highest BCUT2D eigenvalue weighted by Gasteiger charge is 2.47. The first-order valence-corrected chi connectivity index (χ1v) is 16.5. The molecule has 0 fully saturated rings. The minimum Gasteiger partial charge on any atom is -0.449 e. The Labute approximate surface area is 283 Å². The van der Waals surface area contributed by atoms with Crippen LogP contribution in [0.3, 0.4) is 0 Å². The fourth-order valence-electron chi connectivity index (χ4n) is 7.73. The summed E-state index contributed by atoms with van der Waals surface area (Å²) in [5.74, 6) is 3.15. The normalized spacial score (nSPS) is 13.4. The third kappa shape index (κ3) is 4.11. The van der Waals surface area contributed by atoms with Crippen LogP contribution in [0.25, 0.3) is 44.7 Å². The lowest BCUT2D eigenvalue weighted by molar-refractivity contribution is 0.360. The van der Waals surface area contributed by atoms with Gasteiger partial charge in [0.15, 0.2) is 28.8 Å². The molecule has 0 spiro atoms. The fraction of sp³-hybridized carbons (Fsp3) is 0.0222. The molecule has 0 saturated carbocycles. The number of ether oxygens (including phenoxy) is 2. The molecule has 230 valence electrons. The highest BCUT2D eigenvalue weighted by Crippen LogP contribution is 2.60. The van der Waals surface area contributed by atoms with E-state index in [2.05, 4.69) is 115 Å². The highest BCUT2D eigenvalue weighted by atomic mass is 16.6. The molecule has 1 aliphatic carbocycles. The van der Waals surface area contributed by atoms with Gasteiger partial charge in [-0.05, 0) is 63.7 Å². The smallest absolute Gasteiger partial charge is 0.181 e. The average molecular weight is 629 g/mol. The second kappa shape index (κ2) is 10.8. The first kappa shape index (κ1) is 27.6. The van der Waals surface area contributed by atoms with E-state index >= 15 is 0 Å². The van der Waals surface area contributed by atoms with Crippen molar-refractivity contribution in [3.63, 3.8) is 0 Å². The number of hydrogen-bond donors (Lipinski definition) is 0. The molecule has 0 atom stereocenters. The number of rotatable bonds is 4. The van der Waals surface area contributed by atoms with Gasteiger partial charge in [0.05, 0.1) is 22.2 Å². The minimum atomic E-state index is -0.543. The minimum absolute atomic E-state index is 0.543. The Morgan fingerprint density at radius 3 is 1.84 bits per heavy atom. The van der Waals surface area contributed by atoms with Crippen molar-refractivity contribution in [1.82, 2.24) is 9.97 Å². The van der Waals surface area contributed by atoms with Gasteiger partial charge in [0.2, 0.25) is 0 Å². The summed E-state index contributed by atoms with van der Waals surface area (Å²) in [6.45, 7) is 0. The predicted octanol–water partition coefficient (Wildman–Crippen LogP) is 11.2. The van der Waals surface area contributed by atoms with Crippen LogP contribution in [0.5, 0.6) is 23.0 Å². The van der Waals surface area contributed by atoms with Gasteiger partial charge in [-0.15, -0.1) is 0 Å². The van der Waals surface area contributed by atoms with Crippen molar-refractivity contribution in [2.75, 3.05) is 0 Å². The second-order valence-corrected chi connectivity index (χ2v) is 12.5. The van der Waals surface area contributed by atoms with Crippen molar-refractivity contribution < 1.29 is 9.47 Å². The molecule has 4 nitrogen and oxygen atoms in total. The van der Waals surface area contributed by atoms with E-state index in [1.165, 1.54) is 22.3 Å². The van der Waals surface area contributed by atoms with Crippen LogP contribution >= 0.6 is 0 Å². The van der Waals surface area contributed by atoms with Crippen molar-refractivity contribution >= 4 is 10.9 Å². The van der Waals surface area contributed by atoms with Crippen molar-refractivity contribution in [1.29, 1.82) is 0 Å². The summed E-state index contributed by atoms with van der Waals surface area (Å²) >= 11 is 0. The van der Waals surface area contributed by atoms with Gasteiger partial charge in [-0.25, -0.2) is 9.97 Å². The third-order valence-corrected chi connectivity index (χ3v) is 9.82. The van der Waals surface area contributed by atoms with Gasteiger partial charge in [-0.2, -0.15) is 0 Å². The Kier molecular flexibility index (Phi) is 6.06. The molecule has 1 aliphatic heterocycles. The maximum Gasteiger partial charge on any atom is 0.181 e. The summed E-state index contributed by atoms with van der Waals surface area (Å²) in [4.78, 5) is 10.2. The maximum atomic E-state index is 6.90. The molecule has 2 aliphatic rings. The molecule has 4 heteroatoms. The summed E-state index contributed by atoms with van der Waals surface area (Å²) in [5, 5.41) is 0.998. The number of aromatic nitrogens is 2. The van der Waals surface area contributed by atoms with Crippen molar-refractivity contribution in [3.8, 4) is 56.8 Å². The zero-order valence-corrected chi connectivity index (χ0v) is 26.4. The molecule has 2 heterocycles. The molecule has 8 aromatic rings. The van der Waals surface area contributed by atoms with E-state index < -0.39 is 5.41 Å². The number of para-hydroxylation sites is 2. The van der Waals surface area contributed by atoms with E-state index in [1.807, 2.05) is 54.6 Å². The molecule has 7 aromatic carbocycles. The topological polar surface area (TPSA) is 44.2 Å². The summed E-state index contributed by atoms with van der Waals surface area (Å²) in [6.07, 6.45) is 0. The van der Waals surface area contributed by atoms with Crippen LogP contribution in [0.15, 0.2) is 170 Å². The van der Waals surface area contributed by atoms with Gasteiger partial charge in [-0.3, -0.25) is 0 Å². The highest BCUT2D eigenvalue weighted by molar-refractivity contribution is 5.94. The molecule has 0 N–H and O–H groups in total. The van der Waals surface area contributed by atoms with Crippen LogP contribution < -0.4 is 9.47 Å². The zero-order chi connectivity index (χ0) is 32.4. The molecule has 0 bridgehead atoms. The van der Waals surface area contributed by atoms with Crippen LogP contribution in [0.4, 0.5) is 0 Å². The lowest BCUT2D eigenvalue weighted by atomic mass is 9.67. The SMILES string of the molecule is c1ccc(-c2nc(-c3cccc4c3Oc3cc5c(cc3O4)-c3ccccc3C5(c3ccccc3)c3ccccc3)nc3ccccc23)cc1. The van der Waals surface area contributed by atoms with Crippen LogP contribution in [-0.2, 0) is 5.41 Å². The molecule has 0 radical (unpaired) electrons. The number of fused-ring (bicyclic) bond motifs is 6. The van der Waals surface area contributed by atoms with Gasteiger partial charge >= 0.3 is 0 Å². The number of hydrogen-bond acceptors (Lipinski definition) is 4. The van der Waals surface area contributed by atoms with Gasteiger partial charge < -0.3 is 9.47 Å². The molecule has 1 aromatic heterocycles.